The lowest BCUT2D eigenvalue weighted by atomic mass is 9.88. The average molecular weight is 354 g/mol. The summed E-state index contributed by atoms with van der Waals surface area (Å²) in [7, 11) is 0. The zero-order valence-corrected chi connectivity index (χ0v) is 15.4. The molecule has 1 saturated carbocycles. The van der Waals surface area contributed by atoms with Gasteiger partial charge in [-0.3, -0.25) is 9.59 Å². The van der Waals surface area contributed by atoms with Gasteiger partial charge in [0.2, 0.25) is 0 Å². The highest BCUT2D eigenvalue weighted by Crippen LogP contribution is 2.34. The molecule has 1 rings (SSSR count). The van der Waals surface area contributed by atoms with Crippen LogP contribution in [0.15, 0.2) is 12.2 Å². The predicted octanol–water partition coefficient (Wildman–Crippen LogP) is 3.48. The molecule has 0 aromatic carbocycles. The van der Waals surface area contributed by atoms with Gasteiger partial charge in [0.15, 0.2) is 0 Å². The van der Waals surface area contributed by atoms with E-state index in [1.54, 1.807) is 12.2 Å². The van der Waals surface area contributed by atoms with Crippen molar-refractivity contribution in [1.82, 2.24) is 0 Å². The summed E-state index contributed by atoms with van der Waals surface area (Å²) in [4.78, 5) is 22.6. The zero-order valence-electron chi connectivity index (χ0n) is 15.4. The first-order valence-electron chi connectivity index (χ1n) is 9.74. The van der Waals surface area contributed by atoms with Crippen LogP contribution in [0.2, 0.25) is 0 Å². The third-order valence-corrected chi connectivity index (χ3v) is 5.06. The number of hydrogen-bond donors (Lipinski definition) is 3. The number of ketones is 1. The van der Waals surface area contributed by atoms with Gasteiger partial charge in [0, 0.05) is 18.8 Å². The maximum absolute atomic E-state index is 12.1. The van der Waals surface area contributed by atoms with Crippen molar-refractivity contribution in [3.05, 3.63) is 12.2 Å². The maximum Gasteiger partial charge on any atom is 0.303 e. The minimum absolute atomic E-state index is 0.0559. The van der Waals surface area contributed by atoms with E-state index < -0.39 is 18.2 Å². The fourth-order valence-electron chi connectivity index (χ4n) is 3.55. The lowest BCUT2D eigenvalue weighted by molar-refractivity contribution is -0.137. The molecule has 5 nitrogen and oxygen atoms in total. The van der Waals surface area contributed by atoms with Gasteiger partial charge in [-0.25, -0.2) is 0 Å². The second-order valence-electron chi connectivity index (χ2n) is 7.22. The molecule has 0 radical (unpaired) electrons. The van der Waals surface area contributed by atoms with Crippen molar-refractivity contribution >= 4 is 11.8 Å². The Labute approximate surface area is 151 Å². The summed E-state index contributed by atoms with van der Waals surface area (Å²) in [5, 5.41) is 28.7. The molecule has 0 unspecified atom stereocenters. The van der Waals surface area contributed by atoms with Gasteiger partial charge >= 0.3 is 5.97 Å². The molecule has 144 valence electrons. The molecule has 0 amide bonds. The highest BCUT2D eigenvalue weighted by molar-refractivity contribution is 5.85. The van der Waals surface area contributed by atoms with E-state index in [2.05, 4.69) is 6.92 Å². The van der Waals surface area contributed by atoms with E-state index in [9.17, 15) is 19.8 Å². The van der Waals surface area contributed by atoms with Gasteiger partial charge in [0.25, 0.3) is 0 Å². The van der Waals surface area contributed by atoms with Crippen molar-refractivity contribution in [1.29, 1.82) is 0 Å². The third kappa shape index (κ3) is 8.63. The van der Waals surface area contributed by atoms with E-state index in [4.69, 9.17) is 5.11 Å². The van der Waals surface area contributed by atoms with Crippen LogP contribution in [0, 0.1) is 11.8 Å². The number of rotatable bonds is 13. The molecule has 0 aliphatic heterocycles. The average Bonchev–Trinajstić information content (AvgIpc) is 2.82. The lowest BCUT2D eigenvalue weighted by Crippen LogP contribution is -2.19. The van der Waals surface area contributed by atoms with Gasteiger partial charge in [0.1, 0.15) is 5.78 Å². The van der Waals surface area contributed by atoms with Crippen molar-refractivity contribution < 1.29 is 24.9 Å². The molecule has 4 atom stereocenters. The van der Waals surface area contributed by atoms with Crippen LogP contribution in [0.3, 0.4) is 0 Å². The second kappa shape index (κ2) is 12.2. The van der Waals surface area contributed by atoms with E-state index in [-0.39, 0.29) is 30.5 Å². The Kier molecular flexibility index (Phi) is 10.7. The SMILES string of the molecule is CCCCC[C@H](O)/C=C\[C@H]1C(=O)C[C@H](O)[C@@H]1CCCCCCC(=O)O. The van der Waals surface area contributed by atoms with E-state index >= 15 is 0 Å². The Morgan fingerprint density at radius 2 is 1.92 bits per heavy atom. The number of carboxylic acid groups (broad SMARTS) is 1. The molecule has 0 aromatic rings. The Hall–Kier alpha value is -1.20. The quantitative estimate of drug-likeness (QED) is 0.348. The summed E-state index contributed by atoms with van der Waals surface area (Å²) in [5.41, 5.74) is 0. The highest BCUT2D eigenvalue weighted by Gasteiger charge is 2.39. The standard InChI is InChI=1S/C20H34O5/c1-2-3-6-9-15(21)12-13-17-16(18(22)14-19(17)23)10-7-4-5-8-11-20(24)25/h12-13,15-18,21-22H,2-11,14H2,1H3,(H,24,25)/b13-12-/t15-,16+,17+,18-/m0/s1. The molecular weight excluding hydrogens is 320 g/mol. The Morgan fingerprint density at radius 1 is 1.20 bits per heavy atom. The van der Waals surface area contributed by atoms with Crippen LogP contribution in [-0.2, 0) is 9.59 Å². The van der Waals surface area contributed by atoms with Crippen LogP contribution < -0.4 is 0 Å². The minimum atomic E-state index is -0.764. The number of hydrogen-bond acceptors (Lipinski definition) is 4. The predicted molar refractivity (Wildman–Crippen MR) is 97.2 cm³/mol. The molecule has 1 fully saturated rings. The van der Waals surface area contributed by atoms with E-state index in [1.807, 2.05) is 0 Å². The molecule has 1 aliphatic carbocycles. The van der Waals surface area contributed by atoms with E-state index in [0.717, 1.165) is 44.9 Å². The van der Waals surface area contributed by atoms with Gasteiger partial charge in [-0.05, 0) is 25.2 Å². The number of Topliss-reactive ketones (excluding diaryl/α,β-unsaturated/α-hetero) is 1. The fourth-order valence-corrected chi connectivity index (χ4v) is 3.55. The number of allylic oxidation sites excluding steroid dienone is 1. The van der Waals surface area contributed by atoms with Crippen molar-refractivity contribution in [2.24, 2.45) is 11.8 Å². The van der Waals surface area contributed by atoms with Gasteiger partial charge in [-0.15, -0.1) is 0 Å². The summed E-state index contributed by atoms with van der Waals surface area (Å²) in [6.07, 6.45) is 10.8. The number of aliphatic hydroxyl groups excluding tert-OH is 2. The summed E-state index contributed by atoms with van der Waals surface area (Å²) in [6.45, 7) is 2.12. The third-order valence-electron chi connectivity index (χ3n) is 5.06. The van der Waals surface area contributed by atoms with Gasteiger partial charge in [-0.2, -0.15) is 0 Å². The Balaban J connectivity index is 2.39. The normalized spacial score (nSPS) is 24.9. The summed E-state index contributed by atoms with van der Waals surface area (Å²) < 4.78 is 0. The van der Waals surface area contributed by atoms with Crippen LogP contribution in [0.4, 0.5) is 0 Å². The summed E-state index contributed by atoms with van der Waals surface area (Å²) >= 11 is 0. The Bertz CT molecular complexity index is 432. The first-order chi connectivity index (χ1) is 12.0. The molecule has 0 aromatic heterocycles. The maximum atomic E-state index is 12.1. The van der Waals surface area contributed by atoms with Crippen LogP contribution in [0.25, 0.3) is 0 Å². The molecular formula is C20H34O5. The second-order valence-corrected chi connectivity index (χ2v) is 7.22. The molecule has 0 bridgehead atoms. The van der Waals surface area contributed by atoms with Gasteiger partial charge < -0.3 is 15.3 Å². The molecule has 0 saturated heterocycles. The first-order valence-corrected chi connectivity index (χ1v) is 9.74. The number of aliphatic carboxylic acids is 1. The van der Waals surface area contributed by atoms with E-state index in [1.165, 1.54) is 0 Å². The number of carbonyl (C=O) groups excluding carboxylic acids is 1. The van der Waals surface area contributed by atoms with Crippen molar-refractivity contribution in [2.45, 2.75) is 89.8 Å². The van der Waals surface area contributed by atoms with E-state index in [0.29, 0.717) is 12.8 Å². The van der Waals surface area contributed by atoms with Crippen LogP contribution in [0.1, 0.15) is 77.6 Å². The number of carbonyl (C=O) groups is 2. The van der Waals surface area contributed by atoms with Crippen molar-refractivity contribution in [2.75, 3.05) is 0 Å². The van der Waals surface area contributed by atoms with Crippen LogP contribution in [-0.4, -0.2) is 39.3 Å². The molecule has 0 spiro atoms. The van der Waals surface area contributed by atoms with Crippen molar-refractivity contribution in [3.8, 4) is 0 Å². The first kappa shape index (κ1) is 21.8. The van der Waals surface area contributed by atoms with Gasteiger partial charge in [0.05, 0.1) is 12.2 Å². The van der Waals surface area contributed by atoms with Crippen LogP contribution >= 0.6 is 0 Å². The number of carboxylic acids is 1. The summed E-state index contributed by atoms with van der Waals surface area (Å²) in [6, 6.07) is 0. The molecule has 1 aliphatic rings. The minimum Gasteiger partial charge on any atom is -0.481 e. The molecule has 25 heavy (non-hydrogen) atoms. The molecule has 5 heteroatoms. The van der Waals surface area contributed by atoms with Gasteiger partial charge in [-0.1, -0.05) is 57.6 Å². The highest BCUT2D eigenvalue weighted by atomic mass is 16.4. The van der Waals surface area contributed by atoms with Crippen LogP contribution in [0.5, 0.6) is 0 Å². The number of unbranched alkanes of at least 4 members (excludes halogenated alkanes) is 5. The zero-order chi connectivity index (χ0) is 18.7. The topological polar surface area (TPSA) is 94.8 Å². The number of aliphatic hydroxyl groups is 2. The largest absolute Gasteiger partial charge is 0.481 e. The lowest BCUT2D eigenvalue weighted by Gasteiger charge is -2.18. The fraction of sp³-hybridized carbons (Fsp3) is 0.800. The van der Waals surface area contributed by atoms with Crippen molar-refractivity contribution in [3.63, 3.8) is 0 Å². The smallest absolute Gasteiger partial charge is 0.303 e. The monoisotopic (exact) mass is 354 g/mol. The summed E-state index contributed by atoms with van der Waals surface area (Å²) in [5.74, 6) is -1.08. The molecule has 0 heterocycles. The Morgan fingerprint density at radius 3 is 2.60 bits per heavy atom. The molecule has 3 N–H and O–H groups in total.